The lowest BCUT2D eigenvalue weighted by Crippen LogP contribution is -1.99. The monoisotopic (exact) mass is 377 g/mol. The Kier molecular flexibility index (Phi) is 4.43. The number of aryl methyl sites for hydroxylation is 1. The summed E-state index contributed by atoms with van der Waals surface area (Å²) in [7, 11) is 0. The fourth-order valence-corrected chi connectivity index (χ4v) is 4.17. The molecule has 1 saturated carbocycles. The van der Waals surface area contributed by atoms with Gasteiger partial charge in [0.05, 0.1) is 5.25 Å². The molecule has 2 heterocycles. The molecule has 0 radical (unpaired) electrons. The molecule has 9 heteroatoms. The van der Waals surface area contributed by atoms with Gasteiger partial charge in [-0.25, -0.2) is 4.39 Å². The lowest BCUT2D eigenvalue weighted by atomic mass is 10.1. The van der Waals surface area contributed by atoms with Crippen LogP contribution in [0, 0.1) is 12.7 Å². The molecular formula is C16H16FN5OS2. The van der Waals surface area contributed by atoms with Gasteiger partial charge in [0.2, 0.25) is 16.8 Å². The molecule has 1 atom stereocenters. The molecule has 1 fully saturated rings. The molecule has 0 aliphatic heterocycles. The van der Waals surface area contributed by atoms with Crippen molar-refractivity contribution in [3.05, 3.63) is 35.5 Å². The van der Waals surface area contributed by atoms with E-state index in [0.29, 0.717) is 28.9 Å². The van der Waals surface area contributed by atoms with Gasteiger partial charge in [-0.3, -0.25) is 0 Å². The maximum atomic E-state index is 13.7. The van der Waals surface area contributed by atoms with Crippen LogP contribution in [0.2, 0.25) is 0 Å². The minimum Gasteiger partial charge on any atom is -0.357 e. The van der Waals surface area contributed by atoms with Gasteiger partial charge in [-0.2, -0.15) is 4.98 Å². The fraction of sp³-hybridized carbons (Fsp3) is 0.375. The first kappa shape index (κ1) is 16.5. The fourth-order valence-electron chi connectivity index (χ4n) is 2.17. The van der Waals surface area contributed by atoms with E-state index >= 15 is 0 Å². The van der Waals surface area contributed by atoms with E-state index in [2.05, 4.69) is 25.7 Å². The van der Waals surface area contributed by atoms with E-state index in [9.17, 15) is 4.39 Å². The van der Waals surface area contributed by atoms with Crippen molar-refractivity contribution in [3.8, 4) is 11.4 Å². The molecule has 1 N–H and O–H groups in total. The summed E-state index contributed by atoms with van der Waals surface area (Å²) in [5.41, 5.74) is 1.19. The number of halogens is 1. The van der Waals surface area contributed by atoms with E-state index in [4.69, 9.17) is 4.52 Å². The van der Waals surface area contributed by atoms with Gasteiger partial charge in [0.1, 0.15) is 5.82 Å². The maximum Gasteiger partial charge on any atom is 0.240 e. The highest BCUT2D eigenvalue weighted by molar-refractivity contribution is 8.01. The number of aromatic nitrogens is 4. The molecule has 0 bridgehead atoms. The molecule has 1 aliphatic carbocycles. The summed E-state index contributed by atoms with van der Waals surface area (Å²) < 4.78 is 19.9. The minimum absolute atomic E-state index is 0.0710. The molecule has 0 spiro atoms. The third-order valence-electron chi connectivity index (χ3n) is 3.81. The van der Waals surface area contributed by atoms with Gasteiger partial charge in [-0.15, -0.1) is 10.2 Å². The van der Waals surface area contributed by atoms with Gasteiger partial charge in [0.15, 0.2) is 4.34 Å². The van der Waals surface area contributed by atoms with E-state index in [-0.39, 0.29) is 11.1 Å². The van der Waals surface area contributed by atoms with E-state index in [1.165, 1.54) is 42.0 Å². The molecule has 6 nitrogen and oxygen atoms in total. The third-order valence-corrected chi connectivity index (χ3v) is 5.83. The van der Waals surface area contributed by atoms with Crippen LogP contribution >= 0.6 is 23.1 Å². The predicted octanol–water partition coefficient (Wildman–Crippen LogP) is 4.46. The second-order valence-electron chi connectivity index (χ2n) is 5.97. The number of rotatable bonds is 6. The molecule has 1 aromatic carbocycles. The van der Waals surface area contributed by atoms with Crippen LogP contribution in [0.4, 0.5) is 9.52 Å². The number of thioether (sulfide) groups is 1. The molecule has 2 aromatic heterocycles. The average molecular weight is 377 g/mol. The Bertz CT molecular complexity index is 892. The number of benzene rings is 1. The van der Waals surface area contributed by atoms with Crippen molar-refractivity contribution < 1.29 is 8.91 Å². The molecule has 3 aromatic rings. The van der Waals surface area contributed by atoms with Crippen LogP contribution in [0.25, 0.3) is 11.4 Å². The molecule has 4 rings (SSSR count). The third kappa shape index (κ3) is 3.82. The van der Waals surface area contributed by atoms with Gasteiger partial charge in [-0.1, -0.05) is 40.4 Å². The Morgan fingerprint density at radius 2 is 2.20 bits per heavy atom. The van der Waals surface area contributed by atoms with Gasteiger partial charge < -0.3 is 9.84 Å². The van der Waals surface area contributed by atoms with Gasteiger partial charge in [0, 0.05) is 11.6 Å². The summed E-state index contributed by atoms with van der Waals surface area (Å²) in [4.78, 5) is 4.39. The molecular weight excluding hydrogens is 361 g/mol. The number of hydrogen-bond donors (Lipinski definition) is 1. The molecule has 25 heavy (non-hydrogen) atoms. The number of hydrogen-bond acceptors (Lipinski definition) is 8. The van der Waals surface area contributed by atoms with Crippen LogP contribution in [-0.4, -0.2) is 26.4 Å². The largest absolute Gasteiger partial charge is 0.357 e. The first-order chi connectivity index (χ1) is 12.1. The van der Waals surface area contributed by atoms with Crippen molar-refractivity contribution in [2.45, 2.75) is 42.3 Å². The Hall–Kier alpha value is -2.00. The second-order valence-corrected chi connectivity index (χ2v) is 8.54. The Balaban J connectivity index is 1.45. The first-order valence-electron chi connectivity index (χ1n) is 7.95. The van der Waals surface area contributed by atoms with E-state index in [0.717, 1.165) is 9.47 Å². The van der Waals surface area contributed by atoms with Crippen LogP contribution in [0.15, 0.2) is 27.1 Å². The number of nitrogens with one attached hydrogen (secondary N) is 1. The average Bonchev–Trinajstić information content (AvgIpc) is 3.09. The zero-order chi connectivity index (χ0) is 17.4. The SMILES string of the molecule is Cc1ccc(-c2noc(C(C)Sc3nnc(NC4CC4)s3)n2)cc1F. The highest BCUT2D eigenvalue weighted by Crippen LogP contribution is 2.38. The normalized spacial score (nSPS) is 15.3. The highest BCUT2D eigenvalue weighted by Gasteiger charge is 2.23. The van der Waals surface area contributed by atoms with Crippen LogP contribution in [0.3, 0.4) is 0 Å². The van der Waals surface area contributed by atoms with Crippen LogP contribution in [0.5, 0.6) is 0 Å². The van der Waals surface area contributed by atoms with Gasteiger partial charge >= 0.3 is 0 Å². The first-order valence-corrected chi connectivity index (χ1v) is 9.65. The summed E-state index contributed by atoms with van der Waals surface area (Å²) >= 11 is 3.03. The predicted molar refractivity (Wildman–Crippen MR) is 95.3 cm³/mol. The van der Waals surface area contributed by atoms with Crippen molar-refractivity contribution in [3.63, 3.8) is 0 Å². The maximum absolute atomic E-state index is 13.7. The van der Waals surface area contributed by atoms with Crippen molar-refractivity contribution in [1.29, 1.82) is 0 Å². The summed E-state index contributed by atoms with van der Waals surface area (Å²) in [6, 6.07) is 5.46. The zero-order valence-electron chi connectivity index (χ0n) is 13.7. The molecule has 0 saturated heterocycles. The number of anilines is 1. The topological polar surface area (TPSA) is 76.7 Å². The zero-order valence-corrected chi connectivity index (χ0v) is 15.3. The summed E-state index contributed by atoms with van der Waals surface area (Å²) in [5, 5.41) is 16.4. The summed E-state index contributed by atoms with van der Waals surface area (Å²) in [5.74, 6) is 0.582. The molecule has 1 aliphatic rings. The lowest BCUT2D eigenvalue weighted by Gasteiger charge is -2.01. The Labute approximate surface area is 152 Å². The molecule has 0 amide bonds. The van der Waals surface area contributed by atoms with E-state index < -0.39 is 0 Å². The second kappa shape index (κ2) is 6.72. The summed E-state index contributed by atoms with van der Waals surface area (Å²) in [6.07, 6.45) is 2.39. The van der Waals surface area contributed by atoms with Gasteiger partial charge in [0.25, 0.3) is 0 Å². The molecule has 1 unspecified atom stereocenters. The standard InChI is InChI=1S/C16H16FN5OS2/c1-8-3-4-10(7-12(8)17)13-19-14(23-22-13)9(2)24-16-21-20-15(25-16)18-11-5-6-11/h3-4,7,9,11H,5-6H2,1-2H3,(H,18,20). The highest BCUT2D eigenvalue weighted by atomic mass is 32.2. The molecule has 130 valence electrons. The lowest BCUT2D eigenvalue weighted by molar-refractivity contribution is 0.381. The van der Waals surface area contributed by atoms with Crippen LogP contribution in [0.1, 0.15) is 36.5 Å². The van der Waals surface area contributed by atoms with Crippen LogP contribution < -0.4 is 5.32 Å². The van der Waals surface area contributed by atoms with Crippen molar-refractivity contribution >= 4 is 28.2 Å². The minimum atomic E-state index is -0.282. The Morgan fingerprint density at radius 1 is 1.36 bits per heavy atom. The quantitative estimate of drug-likeness (QED) is 0.635. The van der Waals surface area contributed by atoms with Crippen molar-refractivity contribution in [2.24, 2.45) is 0 Å². The number of nitrogens with zero attached hydrogens (tertiary/aromatic N) is 4. The Morgan fingerprint density at radius 3 is 2.96 bits per heavy atom. The smallest absolute Gasteiger partial charge is 0.240 e. The van der Waals surface area contributed by atoms with Crippen molar-refractivity contribution in [2.75, 3.05) is 5.32 Å². The van der Waals surface area contributed by atoms with Crippen LogP contribution in [-0.2, 0) is 0 Å². The van der Waals surface area contributed by atoms with E-state index in [1.807, 2.05) is 6.92 Å². The van der Waals surface area contributed by atoms with Crippen molar-refractivity contribution in [1.82, 2.24) is 20.3 Å². The van der Waals surface area contributed by atoms with Gasteiger partial charge in [-0.05, 0) is 38.3 Å². The summed E-state index contributed by atoms with van der Waals surface area (Å²) in [6.45, 7) is 3.68. The van der Waals surface area contributed by atoms with E-state index in [1.54, 1.807) is 19.1 Å².